The highest BCUT2D eigenvalue weighted by Crippen LogP contribution is 2.23. The molecule has 0 saturated carbocycles. The lowest BCUT2D eigenvalue weighted by atomic mass is 10.2. The number of halogens is 1. The van der Waals surface area contributed by atoms with Gasteiger partial charge in [0.2, 0.25) is 5.91 Å². The van der Waals surface area contributed by atoms with Crippen molar-refractivity contribution in [1.29, 1.82) is 0 Å². The number of rotatable bonds is 4. The molecular weight excluding hydrogens is 218 g/mol. The Kier molecular flexibility index (Phi) is 4.42. The van der Waals surface area contributed by atoms with E-state index in [0.29, 0.717) is 12.3 Å². The van der Waals surface area contributed by atoms with Crippen LogP contribution in [0.4, 0.5) is 0 Å². The van der Waals surface area contributed by atoms with Gasteiger partial charge in [-0.05, 0) is 18.4 Å². The van der Waals surface area contributed by atoms with E-state index in [9.17, 15) is 4.79 Å². The van der Waals surface area contributed by atoms with Crippen LogP contribution in [0.5, 0.6) is 0 Å². The molecule has 1 unspecified atom stereocenters. The maximum absolute atomic E-state index is 11.5. The molecule has 0 spiro atoms. The van der Waals surface area contributed by atoms with Crippen LogP contribution in [0.15, 0.2) is 17.5 Å². The van der Waals surface area contributed by atoms with Gasteiger partial charge in [-0.25, -0.2) is 0 Å². The summed E-state index contributed by atoms with van der Waals surface area (Å²) in [5, 5.41) is 2.02. The summed E-state index contributed by atoms with van der Waals surface area (Å²) in [6, 6.07) is 4.18. The lowest BCUT2D eigenvalue weighted by molar-refractivity contribution is -0.131. The van der Waals surface area contributed by atoms with Gasteiger partial charge in [0.25, 0.3) is 0 Å². The highest BCUT2D eigenvalue weighted by Gasteiger charge is 2.16. The van der Waals surface area contributed by atoms with E-state index in [2.05, 4.69) is 0 Å². The Bertz CT molecular complexity index is 286. The first kappa shape index (κ1) is 11.5. The molecule has 0 aliphatic carbocycles. The van der Waals surface area contributed by atoms with Gasteiger partial charge in [-0.15, -0.1) is 22.9 Å². The van der Waals surface area contributed by atoms with E-state index in [0.717, 1.165) is 0 Å². The molecule has 1 rings (SSSR count). The molecular formula is C10H14ClNOS. The second-order valence-corrected chi connectivity index (χ2v) is 4.49. The molecule has 0 saturated heterocycles. The van der Waals surface area contributed by atoms with E-state index in [4.69, 9.17) is 11.6 Å². The quantitative estimate of drug-likeness (QED) is 0.730. The number of carbonyl (C=O) groups is 1. The first-order valence-corrected chi connectivity index (χ1v) is 5.93. The van der Waals surface area contributed by atoms with Gasteiger partial charge in [-0.1, -0.05) is 6.07 Å². The molecule has 1 amide bonds. The molecule has 2 nitrogen and oxygen atoms in total. The zero-order valence-corrected chi connectivity index (χ0v) is 9.94. The Morgan fingerprint density at radius 1 is 1.71 bits per heavy atom. The molecule has 4 heteroatoms. The molecule has 78 valence electrons. The van der Waals surface area contributed by atoms with Crippen molar-refractivity contribution in [1.82, 2.24) is 4.90 Å². The summed E-state index contributed by atoms with van der Waals surface area (Å²) < 4.78 is 0. The Balaban J connectivity index is 2.61. The average molecular weight is 232 g/mol. The molecule has 1 aromatic heterocycles. The Morgan fingerprint density at radius 2 is 2.43 bits per heavy atom. The van der Waals surface area contributed by atoms with Gasteiger partial charge in [0, 0.05) is 24.2 Å². The summed E-state index contributed by atoms with van der Waals surface area (Å²) in [6.45, 7) is 2.03. The van der Waals surface area contributed by atoms with Gasteiger partial charge in [0.15, 0.2) is 0 Å². The lowest BCUT2D eigenvalue weighted by Crippen LogP contribution is -2.29. The van der Waals surface area contributed by atoms with Crippen molar-refractivity contribution in [2.24, 2.45) is 0 Å². The van der Waals surface area contributed by atoms with Crippen LogP contribution in [0.25, 0.3) is 0 Å². The number of alkyl halides is 1. The molecule has 0 radical (unpaired) electrons. The SMILES string of the molecule is CC(c1cccs1)N(C)C(=O)CCCl. The molecule has 1 atom stereocenters. The second-order valence-electron chi connectivity index (χ2n) is 3.14. The minimum atomic E-state index is 0.0981. The Labute approximate surface area is 93.5 Å². The summed E-state index contributed by atoms with van der Waals surface area (Å²) in [5.74, 6) is 0.487. The van der Waals surface area contributed by atoms with Crippen LogP contribution >= 0.6 is 22.9 Å². The molecule has 0 N–H and O–H groups in total. The van der Waals surface area contributed by atoms with Gasteiger partial charge in [0.05, 0.1) is 6.04 Å². The predicted octanol–water partition coefficient (Wildman–Crippen LogP) is 2.90. The number of nitrogens with zero attached hydrogens (tertiary/aromatic N) is 1. The monoisotopic (exact) mass is 231 g/mol. The summed E-state index contributed by atoms with van der Waals surface area (Å²) in [6.07, 6.45) is 0.410. The summed E-state index contributed by atoms with van der Waals surface area (Å²) in [7, 11) is 1.82. The normalized spacial score (nSPS) is 12.5. The van der Waals surface area contributed by atoms with Crippen LogP contribution in [-0.4, -0.2) is 23.7 Å². The van der Waals surface area contributed by atoms with Gasteiger partial charge >= 0.3 is 0 Å². The molecule has 0 bridgehead atoms. The third kappa shape index (κ3) is 2.72. The first-order valence-electron chi connectivity index (χ1n) is 4.52. The third-order valence-corrected chi connectivity index (χ3v) is 3.47. The standard InChI is InChI=1S/C10H14ClNOS/c1-8(9-4-3-7-14-9)12(2)10(13)5-6-11/h3-4,7-8H,5-6H2,1-2H3. The van der Waals surface area contributed by atoms with Gasteiger partial charge < -0.3 is 4.90 Å². The zero-order chi connectivity index (χ0) is 10.6. The second kappa shape index (κ2) is 5.37. The van der Waals surface area contributed by atoms with E-state index in [-0.39, 0.29) is 11.9 Å². The maximum Gasteiger partial charge on any atom is 0.224 e. The smallest absolute Gasteiger partial charge is 0.224 e. The molecule has 0 aromatic carbocycles. The van der Waals surface area contributed by atoms with Crippen molar-refractivity contribution in [3.8, 4) is 0 Å². The molecule has 0 fully saturated rings. The van der Waals surface area contributed by atoms with Gasteiger partial charge in [-0.3, -0.25) is 4.79 Å². The third-order valence-electron chi connectivity index (χ3n) is 2.24. The molecule has 0 aliphatic heterocycles. The van der Waals surface area contributed by atoms with Crippen molar-refractivity contribution in [2.45, 2.75) is 19.4 Å². The van der Waals surface area contributed by atoms with Crippen LogP contribution in [0.2, 0.25) is 0 Å². The minimum Gasteiger partial charge on any atom is -0.338 e. The fourth-order valence-corrected chi connectivity index (χ4v) is 2.18. The zero-order valence-electron chi connectivity index (χ0n) is 8.37. The van der Waals surface area contributed by atoms with Crippen LogP contribution in [-0.2, 0) is 4.79 Å². The number of amides is 1. The van der Waals surface area contributed by atoms with Crippen LogP contribution < -0.4 is 0 Å². The summed E-state index contributed by atoms with van der Waals surface area (Å²) in [5.41, 5.74) is 0. The van der Waals surface area contributed by atoms with Crippen molar-refractivity contribution >= 4 is 28.8 Å². The highest BCUT2D eigenvalue weighted by atomic mass is 35.5. The van der Waals surface area contributed by atoms with Crippen molar-refractivity contribution < 1.29 is 4.79 Å². The topological polar surface area (TPSA) is 20.3 Å². The molecule has 1 heterocycles. The van der Waals surface area contributed by atoms with Crippen LogP contribution in [0.1, 0.15) is 24.3 Å². The fraction of sp³-hybridized carbons (Fsp3) is 0.500. The minimum absolute atomic E-state index is 0.0981. The Hall–Kier alpha value is -0.540. The summed E-state index contributed by atoms with van der Waals surface area (Å²) >= 11 is 7.19. The van der Waals surface area contributed by atoms with Crippen LogP contribution in [0, 0.1) is 0 Å². The van der Waals surface area contributed by atoms with Crippen molar-refractivity contribution in [2.75, 3.05) is 12.9 Å². The molecule has 1 aromatic rings. The molecule has 0 aliphatic rings. The highest BCUT2D eigenvalue weighted by molar-refractivity contribution is 7.10. The van der Waals surface area contributed by atoms with E-state index >= 15 is 0 Å². The van der Waals surface area contributed by atoms with Crippen LogP contribution in [0.3, 0.4) is 0 Å². The molecule has 14 heavy (non-hydrogen) atoms. The average Bonchev–Trinajstić information content (AvgIpc) is 2.68. The predicted molar refractivity (Wildman–Crippen MR) is 60.8 cm³/mol. The number of thiophene rings is 1. The van der Waals surface area contributed by atoms with E-state index in [1.54, 1.807) is 16.2 Å². The van der Waals surface area contributed by atoms with Crippen molar-refractivity contribution in [3.63, 3.8) is 0 Å². The van der Waals surface area contributed by atoms with Gasteiger partial charge in [0.1, 0.15) is 0 Å². The first-order chi connectivity index (χ1) is 6.66. The van der Waals surface area contributed by atoms with Crippen molar-refractivity contribution in [3.05, 3.63) is 22.4 Å². The Morgan fingerprint density at radius 3 is 2.93 bits per heavy atom. The van der Waals surface area contributed by atoms with E-state index in [1.165, 1.54) is 4.88 Å². The lowest BCUT2D eigenvalue weighted by Gasteiger charge is -2.23. The van der Waals surface area contributed by atoms with E-state index in [1.807, 2.05) is 31.5 Å². The van der Waals surface area contributed by atoms with E-state index < -0.39 is 0 Å². The largest absolute Gasteiger partial charge is 0.338 e. The number of carbonyl (C=O) groups excluding carboxylic acids is 1. The van der Waals surface area contributed by atoms with Gasteiger partial charge in [-0.2, -0.15) is 0 Å². The summed E-state index contributed by atoms with van der Waals surface area (Å²) in [4.78, 5) is 14.5. The fourth-order valence-electron chi connectivity index (χ4n) is 1.19. The number of hydrogen-bond donors (Lipinski definition) is 0. The maximum atomic E-state index is 11.5. The number of hydrogen-bond acceptors (Lipinski definition) is 2.